The second-order valence-electron chi connectivity index (χ2n) is 33.1. The molecule has 17 aromatic carbocycles. The molecule has 0 amide bonds. The molecule has 0 fully saturated rings. The van der Waals surface area contributed by atoms with Crippen molar-refractivity contribution in [3.05, 3.63) is 455 Å². The van der Waals surface area contributed by atoms with E-state index in [9.17, 15) is 0 Å². The second-order valence-corrected chi connectivity index (χ2v) is 33.1. The number of hydrogen-bond acceptors (Lipinski definition) is 8. The van der Waals surface area contributed by atoms with E-state index in [1.165, 1.54) is 109 Å². The molecular weight excluding hydrogens is 1600 g/mol. The molecule has 13 heteroatoms. The third kappa shape index (κ3) is 13.3. The van der Waals surface area contributed by atoms with Gasteiger partial charge in [-0.25, -0.2) is 29.9 Å². The summed E-state index contributed by atoms with van der Waals surface area (Å²) < 4.78 is 11.8. The Kier molecular flexibility index (Phi) is 18.2. The number of benzene rings is 17. The van der Waals surface area contributed by atoms with Crippen LogP contribution in [-0.2, 0) is 0 Å². The molecule has 13 nitrogen and oxygen atoms in total. The van der Waals surface area contributed by atoms with Gasteiger partial charge in [0.2, 0.25) is 0 Å². The molecule has 0 radical (unpaired) electrons. The molecule has 612 valence electrons. The van der Waals surface area contributed by atoms with E-state index < -0.39 is 0 Å². The minimum Gasteiger partial charge on any atom is -0.309 e. The van der Waals surface area contributed by atoms with Crippen LogP contribution in [0.2, 0.25) is 0 Å². The summed E-state index contributed by atoms with van der Waals surface area (Å²) in [6.45, 7) is 0. The Balaban J connectivity index is 0.000000147. The predicted molar refractivity (Wildman–Crippen MR) is 536 cm³/mol. The summed E-state index contributed by atoms with van der Waals surface area (Å²) in [6, 6.07) is 153. The molecule has 0 saturated carbocycles. The maximum atomic E-state index is 5.02. The van der Waals surface area contributed by atoms with Gasteiger partial charge in [0, 0.05) is 140 Å². The average molecular weight is 1670 g/mol. The van der Waals surface area contributed by atoms with Crippen LogP contribution in [0.15, 0.2) is 455 Å². The molecule has 0 N–H and O–H groups in total. The molecule has 9 aromatic heterocycles. The molecule has 0 aliphatic carbocycles. The Bertz CT molecular complexity index is 8590. The zero-order chi connectivity index (χ0) is 86.4. The Labute approximate surface area is 752 Å². The van der Waals surface area contributed by atoms with E-state index in [2.05, 4.69) is 379 Å². The summed E-state index contributed by atoms with van der Waals surface area (Å²) in [7, 11) is 0. The largest absolute Gasteiger partial charge is 0.309 e. The first kappa shape index (κ1) is 75.6. The molecular formula is C118H75N13. The fraction of sp³-hybridized carbons (Fsp3) is 0. The predicted octanol–water partition coefficient (Wildman–Crippen LogP) is 29.0. The van der Waals surface area contributed by atoms with Crippen molar-refractivity contribution in [3.8, 4) is 130 Å². The molecule has 9 heterocycles. The number of fused-ring (bicyclic) bond motifs is 15. The lowest BCUT2D eigenvalue weighted by Crippen LogP contribution is -2.00. The van der Waals surface area contributed by atoms with Crippen LogP contribution in [0.25, 0.3) is 239 Å². The zero-order valence-corrected chi connectivity index (χ0v) is 70.6. The molecule has 0 spiro atoms. The highest BCUT2D eigenvalue weighted by Crippen LogP contribution is 2.45. The molecule has 26 aromatic rings. The third-order valence-electron chi connectivity index (χ3n) is 25.4. The van der Waals surface area contributed by atoms with Crippen LogP contribution in [-0.4, -0.2) is 62.7 Å². The maximum Gasteiger partial charge on any atom is 0.165 e. The minimum atomic E-state index is 0.576. The maximum absolute atomic E-state index is 5.02. The zero-order valence-electron chi connectivity index (χ0n) is 70.6. The van der Waals surface area contributed by atoms with Crippen LogP contribution in [0.4, 0.5) is 0 Å². The molecule has 0 aliphatic heterocycles. The first-order chi connectivity index (χ1) is 64.9. The Morgan fingerprint density at radius 3 is 0.557 bits per heavy atom. The van der Waals surface area contributed by atoms with E-state index in [4.69, 9.17) is 29.9 Å². The number of hydrogen-bond donors (Lipinski definition) is 0. The summed E-state index contributed by atoms with van der Waals surface area (Å²) in [5.74, 6) is 3.61. The van der Waals surface area contributed by atoms with Crippen molar-refractivity contribution < 1.29 is 0 Å². The van der Waals surface area contributed by atoms with Gasteiger partial charge in [0.1, 0.15) is 0 Å². The normalized spacial score (nSPS) is 11.7. The quantitative estimate of drug-likeness (QED) is 0.105. The molecule has 0 aliphatic rings. The summed E-state index contributed by atoms with van der Waals surface area (Å²) >= 11 is 0. The average Bonchev–Trinajstić information content (AvgIpc) is 1.59. The van der Waals surface area contributed by atoms with Crippen molar-refractivity contribution in [2.75, 3.05) is 0 Å². The van der Waals surface area contributed by atoms with E-state index in [1.807, 2.05) is 84.9 Å². The highest BCUT2D eigenvalue weighted by molar-refractivity contribution is 6.17. The van der Waals surface area contributed by atoms with Gasteiger partial charge in [-0.1, -0.05) is 224 Å². The van der Waals surface area contributed by atoms with Crippen LogP contribution >= 0.6 is 0 Å². The molecule has 0 atom stereocenters. The molecule has 0 saturated heterocycles. The van der Waals surface area contributed by atoms with Gasteiger partial charge < -0.3 is 22.8 Å². The topological polar surface area (TPSA) is 128 Å². The van der Waals surface area contributed by atoms with Gasteiger partial charge in [-0.3, -0.25) is 9.97 Å². The highest BCUT2D eigenvalue weighted by Gasteiger charge is 2.24. The van der Waals surface area contributed by atoms with Crippen molar-refractivity contribution >= 4 is 109 Å². The fourth-order valence-corrected chi connectivity index (χ4v) is 19.3. The summed E-state index contributed by atoms with van der Waals surface area (Å²) in [5.41, 5.74) is 29.6. The lowest BCUT2D eigenvalue weighted by molar-refractivity contribution is 1.07. The van der Waals surface area contributed by atoms with Crippen LogP contribution in [0.3, 0.4) is 0 Å². The summed E-state index contributed by atoms with van der Waals surface area (Å²) in [4.78, 5) is 38.3. The number of pyridine rings is 2. The Morgan fingerprint density at radius 2 is 0.313 bits per heavy atom. The number of para-hydroxylation sites is 7. The van der Waals surface area contributed by atoms with Gasteiger partial charge in [-0.15, -0.1) is 0 Å². The van der Waals surface area contributed by atoms with Gasteiger partial charge in [0.15, 0.2) is 34.9 Å². The van der Waals surface area contributed by atoms with Crippen molar-refractivity contribution in [1.29, 1.82) is 0 Å². The number of rotatable bonds is 14. The standard InChI is InChI=1S/C68H43N7.C50H32N6/c1-4-15-44(16-5-1)66-70-67(72-68(71-66)50-17-14-38-69-43-50)45-26-32-53(33-27-45)75-64-36-30-48(46-28-34-62-56(39-46)54-22-10-12-24-60(54)73(62)51-18-6-2-7-19-51)41-58(64)59-42-49(31-37-65(59)75)47-29-35-63-57(40-47)55-23-11-13-25-61(55)74(63)52-20-8-3-9-21-52;1-3-12-33(13-4-1)48-52-49(54-50(53-48)37-14-11-29-51-32-37)34-21-25-39(26-22-34)56-45-20-10-8-18-41(45)43-31-36(24-28-47(43)56)35-23-27-46-42(30-35)40-17-7-9-19-44(40)55(46)38-15-5-2-6-16-38/h1-43H;1-32H. The number of aromatic nitrogens is 13. The Morgan fingerprint density at radius 1 is 0.130 bits per heavy atom. The molecule has 26 rings (SSSR count). The van der Waals surface area contributed by atoms with E-state index in [0.29, 0.717) is 34.9 Å². The van der Waals surface area contributed by atoms with E-state index in [1.54, 1.807) is 24.8 Å². The summed E-state index contributed by atoms with van der Waals surface area (Å²) in [6.07, 6.45) is 7.09. The van der Waals surface area contributed by atoms with E-state index >= 15 is 0 Å². The van der Waals surface area contributed by atoms with Gasteiger partial charge in [-0.2, -0.15) is 0 Å². The molecule has 0 bridgehead atoms. The monoisotopic (exact) mass is 1670 g/mol. The molecule has 131 heavy (non-hydrogen) atoms. The van der Waals surface area contributed by atoms with Crippen molar-refractivity contribution in [1.82, 2.24) is 62.7 Å². The van der Waals surface area contributed by atoms with Crippen molar-refractivity contribution in [3.63, 3.8) is 0 Å². The van der Waals surface area contributed by atoms with Gasteiger partial charge >= 0.3 is 0 Å². The van der Waals surface area contributed by atoms with Gasteiger partial charge in [0.05, 0.1) is 55.2 Å². The van der Waals surface area contributed by atoms with E-state index in [-0.39, 0.29) is 0 Å². The van der Waals surface area contributed by atoms with Gasteiger partial charge in [-0.05, 0) is 240 Å². The summed E-state index contributed by atoms with van der Waals surface area (Å²) in [5, 5.41) is 12.2. The minimum absolute atomic E-state index is 0.576. The smallest absolute Gasteiger partial charge is 0.165 e. The lowest BCUT2D eigenvalue weighted by Gasteiger charge is -2.11. The third-order valence-corrected chi connectivity index (χ3v) is 25.4. The Hall–Kier alpha value is -17.9. The molecule has 0 unspecified atom stereocenters. The first-order valence-electron chi connectivity index (χ1n) is 44.0. The fourth-order valence-electron chi connectivity index (χ4n) is 19.3. The van der Waals surface area contributed by atoms with Crippen molar-refractivity contribution in [2.45, 2.75) is 0 Å². The van der Waals surface area contributed by atoms with E-state index in [0.717, 1.165) is 95.0 Å². The number of nitrogens with zero attached hydrogens (tertiary/aromatic N) is 13. The lowest BCUT2D eigenvalue weighted by atomic mass is 9.98. The second kappa shape index (κ2) is 31.6. The van der Waals surface area contributed by atoms with Crippen LogP contribution in [0.5, 0.6) is 0 Å². The van der Waals surface area contributed by atoms with Crippen LogP contribution in [0, 0.1) is 0 Å². The van der Waals surface area contributed by atoms with Crippen molar-refractivity contribution in [2.24, 2.45) is 0 Å². The van der Waals surface area contributed by atoms with Crippen LogP contribution in [0.1, 0.15) is 0 Å². The van der Waals surface area contributed by atoms with Gasteiger partial charge in [0.25, 0.3) is 0 Å². The SMILES string of the molecule is c1ccc(-c2nc(-c3ccc(-n4c5ccc(-c6ccc7c(c6)c6ccccc6n7-c6ccccc6)cc5c5cc(-c6ccc7c(c6)c6ccccc6n7-c6ccccc6)ccc54)cc3)nc(-c3cccnc3)n2)cc1.c1ccc(-c2nc(-c3ccc(-n4c5ccccc5c5cc(-c6ccc7c(c6)c6ccccc6n7-c6ccccc6)ccc54)cc3)nc(-c3cccnc3)n2)cc1. The first-order valence-corrected chi connectivity index (χ1v) is 44.0. The highest BCUT2D eigenvalue weighted by atomic mass is 15.1. The van der Waals surface area contributed by atoms with Crippen LogP contribution < -0.4 is 0 Å².